The van der Waals surface area contributed by atoms with Crippen LogP contribution in [0.25, 0.3) is 0 Å². The highest BCUT2D eigenvalue weighted by molar-refractivity contribution is 5.90. The van der Waals surface area contributed by atoms with Gasteiger partial charge in [-0.15, -0.1) is 0 Å². The third kappa shape index (κ3) is 1.97. The lowest BCUT2D eigenvalue weighted by Gasteiger charge is -2.36. The Morgan fingerprint density at radius 1 is 1.10 bits per heavy atom. The van der Waals surface area contributed by atoms with Gasteiger partial charge in [0.15, 0.2) is 5.78 Å². The maximum absolute atomic E-state index is 12.5. The fourth-order valence-corrected chi connectivity index (χ4v) is 3.84. The van der Waals surface area contributed by atoms with E-state index in [2.05, 4.69) is 12.2 Å². The molecule has 108 valence electrons. The molecule has 1 saturated carbocycles. The van der Waals surface area contributed by atoms with Gasteiger partial charge in [0.05, 0.1) is 6.04 Å². The van der Waals surface area contributed by atoms with E-state index in [1.54, 1.807) is 4.90 Å². The van der Waals surface area contributed by atoms with E-state index in [0.717, 1.165) is 12.0 Å². The number of allylic oxidation sites excluding steroid dienone is 1. The summed E-state index contributed by atoms with van der Waals surface area (Å²) in [6, 6.07) is 9.30. The van der Waals surface area contributed by atoms with Crippen LogP contribution in [0.15, 0.2) is 42.5 Å². The Balaban J connectivity index is 1.69. The molecule has 2 bridgehead atoms. The number of carbonyl (C=O) groups is 2. The third-order valence-corrected chi connectivity index (χ3v) is 4.80. The van der Waals surface area contributed by atoms with E-state index in [1.807, 2.05) is 30.3 Å². The van der Waals surface area contributed by atoms with Crippen molar-refractivity contribution in [1.82, 2.24) is 4.90 Å². The molecule has 0 N–H and O–H groups in total. The molecule has 4 rings (SSSR count). The van der Waals surface area contributed by atoms with Crippen LogP contribution in [-0.4, -0.2) is 29.4 Å². The molecule has 1 amide bonds. The summed E-state index contributed by atoms with van der Waals surface area (Å²) in [6.07, 6.45) is 5.39. The van der Waals surface area contributed by atoms with Crippen molar-refractivity contribution in [2.24, 2.45) is 11.8 Å². The first-order valence-electron chi connectivity index (χ1n) is 7.45. The minimum Gasteiger partial charge on any atom is -0.447 e. The Hall–Kier alpha value is -2.10. The highest BCUT2D eigenvalue weighted by atomic mass is 16.6. The van der Waals surface area contributed by atoms with Crippen LogP contribution in [-0.2, 0) is 9.53 Å². The number of rotatable bonds is 2. The second kappa shape index (κ2) is 4.72. The molecule has 3 aliphatic rings. The molecule has 2 aliphatic carbocycles. The molecule has 4 nitrogen and oxygen atoms in total. The minimum atomic E-state index is -0.361. The molecule has 2 fully saturated rings. The number of amides is 1. The molecule has 0 unspecified atom stereocenters. The highest BCUT2D eigenvalue weighted by Gasteiger charge is 2.48. The number of Topliss-reactive ketones (excluding diaryl/α,β-unsaturated/α-hetero) is 1. The van der Waals surface area contributed by atoms with Gasteiger partial charge in [0.1, 0.15) is 12.6 Å². The largest absolute Gasteiger partial charge is 0.447 e. The van der Waals surface area contributed by atoms with Gasteiger partial charge in [0, 0.05) is 12.3 Å². The minimum absolute atomic E-state index is 0.146. The van der Waals surface area contributed by atoms with Gasteiger partial charge < -0.3 is 4.74 Å². The smallest absolute Gasteiger partial charge is 0.411 e. The number of hydrogen-bond acceptors (Lipinski definition) is 3. The van der Waals surface area contributed by atoms with Crippen LogP contribution in [0.5, 0.6) is 0 Å². The van der Waals surface area contributed by atoms with Crippen molar-refractivity contribution in [3.8, 4) is 0 Å². The topological polar surface area (TPSA) is 46.6 Å². The van der Waals surface area contributed by atoms with Gasteiger partial charge in [0.25, 0.3) is 0 Å². The number of benzene rings is 1. The first kappa shape index (κ1) is 12.6. The monoisotopic (exact) mass is 283 g/mol. The quantitative estimate of drug-likeness (QED) is 0.784. The number of ketones is 1. The summed E-state index contributed by atoms with van der Waals surface area (Å²) in [7, 11) is 0. The molecule has 1 aromatic carbocycles. The fraction of sp³-hybridized carbons (Fsp3) is 0.412. The van der Waals surface area contributed by atoms with Gasteiger partial charge in [-0.1, -0.05) is 42.5 Å². The lowest BCUT2D eigenvalue weighted by molar-refractivity contribution is -0.127. The first-order valence-corrected chi connectivity index (χ1v) is 7.45. The molecule has 0 aromatic heterocycles. The number of fused-ring (bicyclic) bond motifs is 2. The summed E-state index contributed by atoms with van der Waals surface area (Å²) in [5, 5.41) is 0. The number of carbonyl (C=O) groups excluding carboxylic acids is 2. The number of hydrogen-bond donors (Lipinski definition) is 0. The zero-order valence-electron chi connectivity index (χ0n) is 11.6. The van der Waals surface area contributed by atoms with Gasteiger partial charge >= 0.3 is 6.09 Å². The molecule has 4 atom stereocenters. The van der Waals surface area contributed by atoms with E-state index in [1.165, 1.54) is 0 Å². The Labute approximate surface area is 123 Å². The number of nitrogens with zero attached hydrogens (tertiary/aromatic N) is 1. The Kier molecular flexibility index (Phi) is 2.84. The van der Waals surface area contributed by atoms with Gasteiger partial charge in [-0.05, 0) is 17.9 Å². The van der Waals surface area contributed by atoms with Gasteiger partial charge in [-0.25, -0.2) is 4.79 Å². The number of ether oxygens (including phenoxy) is 1. The molecule has 4 heteroatoms. The van der Waals surface area contributed by atoms with Crippen molar-refractivity contribution >= 4 is 11.9 Å². The maximum Gasteiger partial charge on any atom is 0.411 e. The SMILES string of the molecule is O=C1C[C@H]2C=C[C@H](C2)[C@H]1N1C(=O)OC[C@@H]1c1ccccc1. The van der Waals surface area contributed by atoms with E-state index in [-0.39, 0.29) is 29.9 Å². The Bertz CT molecular complexity index is 610. The molecular weight excluding hydrogens is 266 g/mol. The molecule has 21 heavy (non-hydrogen) atoms. The van der Waals surface area contributed by atoms with Crippen molar-refractivity contribution in [1.29, 1.82) is 0 Å². The highest BCUT2D eigenvalue weighted by Crippen LogP contribution is 2.41. The summed E-state index contributed by atoms with van der Waals surface area (Å²) < 4.78 is 5.25. The zero-order chi connectivity index (χ0) is 14.4. The first-order chi connectivity index (χ1) is 10.2. The summed E-state index contributed by atoms with van der Waals surface area (Å²) >= 11 is 0. The second-order valence-electron chi connectivity index (χ2n) is 6.07. The maximum atomic E-state index is 12.5. The van der Waals surface area contributed by atoms with E-state index in [0.29, 0.717) is 18.9 Å². The lowest BCUT2D eigenvalue weighted by Crippen LogP contribution is -2.49. The predicted octanol–water partition coefficient (Wildman–Crippen LogP) is 2.71. The van der Waals surface area contributed by atoms with Crippen molar-refractivity contribution in [3.05, 3.63) is 48.0 Å². The third-order valence-electron chi connectivity index (χ3n) is 4.80. The molecule has 1 heterocycles. The van der Waals surface area contributed by atoms with Crippen molar-refractivity contribution in [3.63, 3.8) is 0 Å². The van der Waals surface area contributed by atoms with E-state index < -0.39 is 0 Å². The normalized spacial score (nSPS) is 34.4. The van der Waals surface area contributed by atoms with Crippen LogP contribution in [0.3, 0.4) is 0 Å². The average Bonchev–Trinajstić information content (AvgIpc) is 3.06. The van der Waals surface area contributed by atoms with Crippen LogP contribution in [0.2, 0.25) is 0 Å². The summed E-state index contributed by atoms with van der Waals surface area (Å²) in [6.45, 7) is 0.326. The van der Waals surface area contributed by atoms with E-state index in [4.69, 9.17) is 4.74 Å². The molecule has 1 aliphatic heterocycles. The van der Waals surface area contributed by atoms with Crippen LogP contribution in [0, 0.1) is 11.8 Å². The Morgan fingerprint density at radius 3 is 2.71 bits per heavy atom. The standard InChI is InChI=1S/C17H17NO3/c19-15-9-11-6-7-13(8-11)16(15)18-14(10-21-17(18)20)12-4-2-1-3-5-12/h1-7,11,13-14,16H,8-10H2/t11-,13+,14+,16+/m0/s1. The van der Waals surface area contributed by atoms with Crippen LogP contribution in [0.4, 0.5) is 4.79 Å². The number of cyclic esters (lactones) is 1. The summed E-state index contributed by atoms with van der Waals surface area (Å²) in [5.41, 5.74) is 1.03. The van der Waals surface area contributed by atoms with Crippen LogP contribution in [0.1, 0.15) is 24.4 Å². The fourth-order valence-electron chi connectivity index (χ4n) is 3.84. The van der Waals surface area contributed by atoms with Gasteiger partial charge in [-0.3, -0.25) is 9.69 Å². The van der Waals surface area contributed by atoms with Crippen LogP contribution < -0.4 is 0 Å². The molecule has 0 radical (unpaired) electrons. The predicted molar refractivity (Wildman–Crippen MR) is 76.5 cm³/mol. The molecular formula is C17H17NO3. The van der Waals surface area contributed by atoms with Gasteiger partial charge in [-0.2, -0.15) is 0 Å². The van der Waals surface area contributed by atoms with Gasteiger partial charge in [0.2, 0.25) is 0 Å². The average molecular weight is 283 g/mol. The van der Waals surface area contributed by atoms with E-state index >= 15 is 0 Å². The Morgan fingerprint density at radius 2 is 1.90 bits per heavy atom. The summed E-state index contributed by atoms with van der Waals surface area (Å²) in [5.74, 6) is 0.682. The van der Waals surface area contributed by atoms with Crippen molar-refractivity contribution in [2.45, 2.75) is 24.9 Å². The summed E-state index contributed by atoms with van der Waals surface area (Å²) in [4.78, 5) is 26.4. The molecule has 1 aromatic rings. The molecule has 0 spiro atoms. The lowest BCUT2D eigenvalue weighted by atomic mass is 9.81. The van der Waals surface area contributed by atoms with E-state index in [9.17, 15) is 9.59 Å². The molecule has 1 saturated heterocycles. The van der Waals surface area contributed by atoms with Crippen molar-refractivity contribution in [2.75, 3.05) is 6.61 Å². The van der Waals surface area contributed by atoms with Crippen LogP contribution >= 0.6 is 0 Å². The van der Waals surface area contributed by atoms with Crippen molar-refractivity contribution < 1.29 is 14.3 Å². The second-order valence-corrected chi connectivity index (χ2v) is 6.07. The zero-order valence-corrected chi connectivity index (χ0v) is 11.6.